The number of nitriles is 1. The van der Waals surface area contributed by atoms with Gasteiger partial charge in [0.2, 0.25) is 0 Å². The van der Waals surface area contributed by atoms with Gasteiger partial charge in [-0.15, -0.1) is 10.2 Å². The first-order chi connectivity index (χ1) is 14.3. The summed E-state index contributed by atoms with van der Waals surface area (Å²) in [5.74, 6) is 0.456. The predicted molar refractivity (Wildman–Crippen MR) is 110 cm³/mol. The van der Waals surface area contributed by atoms with Crippen LogP contribution in [0, 0.1) is 11.3 Å². The Kier molecular flexibility index (Phi) is 6.71. The van der Waals surface area contributed by atoms with E-state index in [4.69, 9.17) is 10.00 Å². The van der Waals surface area contributed by atoms with Crippen molar-refractivity contribution in [1.82, 2.24) is 30.8 Å². The van der Waals surface area contributed by atoms with Crippen molar-refractivity contribution in [2.24, 2.45) is 0 Å². The highest BCUT2D eigenvalue weighted by atomic mass is 16.5. The van der Waals surface area contributed by atoms with E-state index < -0.39 is 5.54 Å². The molecule has 1 aliphatic heterocycles. The van der Waals surface area contributed by atoms with E-state index in [9.17, 15) is 4.79 Å². The Morgan fingerprint density at radius 3 is 2.77 bits per heavy atom. The molecule has 3 heterocycles. The van der Waals surface area contributed by atoms with Crippen molar-refractivity contribution in [2.75, 3.05) is 36.9 Å². The van der Waals surface area contributed by atoms with Gasteiger partial charge in [-0.3, -0.25) is 4.79 Å². The lowest BCUT2D eigenvalue weighted by molar-refractivity contribution is 0.0372. The maximum atomic E-state index is 12.7. The van der Waals surface area contributed by atoms with Crippen LogP contribution in [0.5, 0.6) is 0 Å². The van der Waals surface area contributed by atoms with Crippen LogP contribution in [-0.2, 0) is 4.74 Å². The zero-order valence-corrected chi connectivity index (χ0v) is 17.2. The van der Waals surface area contributed by atoms with Gasteiger partial charge in [-0.1, -0.05) is 0 Å². The minimum atomic E-state index is -0.415. The fourth-order valence-electron chi connectivity index (χ4n) is 2.71. The van der Waals surface area contributed by atoms with E-state index in [-0.39, 0.29) is 23.4 Å². The van der Waals surface area contributed by atoms with Gasteiger partial charge in [0.05, 0.1) is 30.8 Å². The molecule has 1 saturated heterocycles. The molecular weight excluding hydrogens is 386 g/mol. The number of rotatable bonds is 6. The highest BCUT2D eigenvalue weighted by Gasteiger charge is 2.22. The number of morpholine rings is 1. The normalized spacial score (nSPS) is 16.4. The van der Waals surface area contributed by atoms with Crippen molar-refractivity contribution >= 4 is 23.2 Å². The van der Waals surface area contributed by atoms with Crippen LogP contribution in [0.15, 0.2) is 18.5 Å². The number of ether oxygens (including phenoxy) is 1. The third-order valence-corrected chi connectivity index (χ3v) is 4.04. The Hall–Kier alpha value is -3.36. The second-order valence-corrected chi connectivity index (χ2v) is 7.80. The summed E-state index contributed by atoms with van der Waals surface area (Å²) in [6.07, 6.45) is 2.76. The van der Waals surface area contributed by atoms with Crippen LogP contribution >= 0.6 is 0 Å². The van der Waals surface area contributed by atoms with Crippen molar-refractivity contribution in [3.8, 4) is 6.07 Å². The molecule has 30 heavy (non-hydrogen) atoms. The van der Waals surface area contributed by atoms with Crippen molar-refractivity contribution in [1.29, 1.82) is 5.26 Å². The Balaban J connectivity index is 1.80. The molecule has 0 bridgehead atoms. The third-order valence-electron chi connectivity index (χ3n) is 4.04. The van der Waals surface area contributed by atoms with Crippen molar-refractivity contribution < 1.29 is 9.53 Å². The highest BCUT2D eigenvalue weighted by molar-refractivity contribution is 5.98. The van der Waals surface area contributed by atoms with E-state index in [2.05, 4.69) is 41.4 Å². The number of nitrogens with one attached hydrogen (secondary N) is 4. The summed E-state index contributed by atoms with van der Waals surface area (Å²) in [6, 6.07) is 3.59. The van der Waals surface area contributed by atoms with Crippen molar-refractivity contribution in [3.05, 3.63) is 29.8 Å². The topological polar surface area (TPSA) is 150 Å². The summed E-state index contributed by atoms with van der Waals surface area (Å²) in [7, 11) is 0. The summed E-state index contributed by atoms with van der Waals surface area (Å²) in [5, 5.41) is 29.4. The Morgan fingerprint density at radius 2 is 2.13 bits per heavy atom. The molecule has 4 N–H and O–H groups in total. The van der Waals surface area contributed by atoms with Gasteiger partial charge in [-0.2, -0.15) is 5.26 Å². The fourth-order valence-corrected chi connectivity index (χ4v) is 2.71. The molecule has 0 aromatic carbocycles. The number of carbonyl (C=O) groups is 1. The quantitative estimate of drug-likeness (QED) is 0.538. The molecular formula is C19H25N9O2. The molecule has 0 saturated carbocycles. The minimum Gasteiger partial charge on any atom is -0.380 e. The van der Waals surface area contributed by atoms with Gasteiger partial charge in [0.15, 0.2) is 17.2 Å². The minimum absolute atomic E-state index is 0.0220. The molecule has 2 aromatic heterocycles. The molecule has 1 amide bonds. The molecule has 1 aliphatic rings. The molecule has 0 spiro atoms. The van der Waals surface area contributed by atoms with Crippen LogP contribution in [0.1, 0.15) is 37.0 Å². The van der Waals surface area contributed by atoms with E-state index in [0.29, 0.717) is 30.5 Å². The maximum Gasteiger partial charge on any atom is 0.274 e. The first kappa shape index (κ1) is 21.4. The van der Waals surface area contributed by atoms with Crippen LogP contribution in [0.4, 0.5) is 17.3 Å². The Morgan fingerprint density at radius 1 is 1.30 bits per heavy atom. The standard InChI is InChI=1S/C19H25N9O2/c1-19(2,3)26-18(29)17-14(23-10-13-9-21-4-5-30-13)6-15(27-28-17)25-16-11-22-12(7-20)8-24-16/h6,8,11,13,21H,4-5,9-10H2,1-3H3,(H,26,29)(H2,23,24,25,27). The molecule has 1 fully saturated rings. The number of aromatic nitrogens is 4. The van der Waals surface area contributed by atoms with Gasteiger partial charge in [0.1, 0.15) is 11.9 Å². The van der Waals surface area contributed by atoms with Crippen LogP contribution in [0.25, 0.3) is 0 Å². The molecule has 2 aromatic rings. The molecule has 158 valence electrons. The number of carbonyl (C=O) groups excluding carboxylic acids is 1. The molecule has 1 atom stereocenters. The summed E-state index contributed by atoms with van der Waals surface area (Å²) in [6.45, 7) is 8.38. The van der Waals surface area contributed by atoms with Crippen LogP contribution in [0.2, 0.25) is 0 Å². The van der Waals surface area contributed by atoms with Gasteiger partial charge >= 0.3 is 0 Å². The molecule has 1 unspecified atom stereocenters. The average Bonchev–Trinajstić information content (AvgIpc) is 2.72. The summed E-state index contributed by atoms with van der Waals surface area (Å²) in [5.41, 5.74) is 0.501. The van der Waals surface area contributed by atoms with Gasteiger partial charge in [0, 0.05) is 31.2 Å². The van der Waals surface area contributed by atoms with Gasteiger partial charge < -0.3 is 26.0 Å². The van der Waals surface area contributed by atoms with Crippen LogP contribution < -0.4 is 21.3 Å². The lowest BCUT2D eigenvalue weighted by Crippen LogP contribution is -2.43. The van der Waals surface area contributed by atoms with Gasteiger partial charge in [0.25, 0.3) is 5.91 Å². The second-order valence-electron chi connectivity index (χ2n) is 7.80. The SMILES string of the molecule is CC(C)(C)NC(=O)c1nnc(Nc2cnc(C#N)cn2)cc1NCC1CNCCO1. The zero-order valence-electron chi connectivity index (χ0n) is 17.2. The highest BCUT2D eigenvalue weighted by Crippen LogP contribution is 2.20. The number of amides is 1. The first-order valence-electron chi connectivity index (χ1n) is 9.59. The predicted octanol–water partition coefficient (Wildman–Crippen LogP) is 0.810. The van der Waals surface area contributed by atoms with E-state index in [1.54, 1.807) is 6.07 Å². The van der Waals surface area contributed by atoms with Crippen LogP contribution in [0.3, 0.4) is 0 Å². The molecule has 11 nitrogen and oxygen atoms in total. The van der Waals surface area contributed by atoms with Gasteiger partial charge in [-0.05, 0) is 20.8 Å². The van der Waals surface area contributed by atoms with Gasteiger partial charge in [-0.25, -0.2) is 9.97 Å². The Bertz CT molecular complexity index is 913. The average molecular weight is 411 g/mol. The summed E-state index contributed by atoms with van der Waals surface area (Å²) in [4.78, 5) is 20.8. The lowest BCUT2D eigenvalue weighted by Gasteiger charge is -2.25. The fraction of sp³-hybridized carbons (Fsp3) is 0.474. The molecule has 3 rings (SSSR count). The van der Waals surface area contributed by atoms with E-state index in [0.717, 1.165) is 13.1 Å². The summed E-state index contributed by atoms with van der Waals surface area (Å²) >= 11 is 0. The number of hydrogen-bond acceptors (Lipinski definition) is 10. The van der Waals surface area contributed by atoms with E-state index >= 15 is 0 Å². The van der Waals surface area contributed by atoms with E-state index in [1.807, 2.05) is 26.8 Å². The molecule has 0 aliphatic carbocycles. The van der Waals surface area contributed by atoms with Crippen LogP contribution in [-0.4, -0.2) is 64.0 Å². The summed E-state index contributed by atoms with van der Waals surface area (Å²) < 4.78 is 5.71. The van der Waals surface area contributed by atoms with E-state index in [1.165, 1.54) is 12.4 Å². The monoisotopic (exact) mass is 411 g/mol. The maximum absolute atomic E-state index is 12.7. The number of hydrogen-bond donors (Lipinski definition) is 4. The zero-order chi connectivity index (χ0) is 21.6. The van der Waals surface area contributed by atoms with Crippen molar-refractivity contribution in [3.63, 3.8) is 0 Å². The van der Waals surface area contributed by atoms with Crippen molar-refractivity contribution in [2.45, 2.75) is 32.4 Å². The molecule has 0 radical (unpaired) electrons. The number of nitrogens with zero attached hydrogens (tertiary/aromatic N) is 5. The Labute approximate surface area is 174 Å². The smallest absolute Gasteiger partial charge is 0.274 e. The largest absolute Gasteiger partial charge is 0.380 e. The molecule has 11 heteroatoms. The first-order valence-corrected chi connectivity index (χ1v) is 9.59. The third kappa shape index (κ3) is 6.07. The number of anilines is 3. The second kappa shape index (κ2) is 9.43. The lowest BCUT2D eigenvalue weighted by atomic mass is 10.1.